The third kappa shape index (κ3) is 2.07. The Morgan fingerprint density at radius 3 is 3.20 bits per heavy atom. The minimum absolute atomic E-state index is 0.0768. The smallest absolute Gasteiger partial charge is 0.313 e. The number of amides is 1. The number of aromatic nitrogens is 3. The van der Waals surface area contributed by atoms with Gasteiger partial charge in [0.15, 0.2) is 0 Å². The van der Waals surface area contributed by atoms with Gasteiger partial charge in [0.2, 0.25) is 5.91 Å². The van der Waals surface area contributed by atoms with E-state index in [4.69, 9.17) is 5.73 Å². The first kappa shape index (κ1) is 13.7. The summed E-state index contributed by atoms with van der Waals surface area (Å²) in [5.41, 5.74) is 4.73. The van der Waals surface area contributed by atoms with Gasteiger partial charge in [-0.2, -0.15) is 0 Å². The highest BCUT2D eigenvalue weighted by Gasteiger charge is 2.55. The number of β-lactam (4-membered cyclic amide) rings is 1. The molecule has 1 aromatic heterocycles. The van der Waals surface area contributed by atoms with E-state index >= 15 is 0 Å². The average Bonchev–Trinajstić information content (AvgIpc) is 2.97. The standard InChI is InChI=1S/C10H13N5O3S2/c11-6-7(16)15-2-10(9(17)18,4-20-8(6)15)3-19-5-1-12-14-13-5/h1,6,8H,2-4,11H2,(H,17,18)(H,12,13,14)/t6?,8-,10?/m1/s1. The molecular formula is C10H13N5O3S2. The van der Waals surface area contributed by atoms with Crippen LogP contribution in [0.4, 0.5) is 0 Å². The molecule has 2 unspecified atom stereocenters. The Balaban J connectivity index is 1.72. The maximum absolute atomic E-state index is 11.7. The molecule has 20 heavy (non-hydrogen) atoms. The number of nitrogens with two attached hydrogens (primary N) is 1. The highest BCUT2D eigenvalue weighted by Crippen LogP contribution is 2.43. The second-order valence-corrected chi connectivity index (χ2v) is 6.98. The van der Waals surface area contributed by atoms with Gasteiger partial charge in [0.1, 0.15) is 21.9 Å². The monoisotopic (exact) mass is 315 g/mol. The van der Waals surface area contributed by atoms with Gasteiger partial charge in [0.25, 0.3) is 0 Å². The van der Waals surface area contributed by atoms with Crippen LogP contribution in [0.25, 0.3) is 0 Å². The number of carboxylic acid groups (broad SMARTS) is 1. The lowest BCUT2D eigenvalue weighted by Gasteiger charge is -2.52. The number of rotatable bonds is 4. The fraction of sp³-hybridized carbons (Fsp3) is 0.600. The molecule has 3 heterocycles. The maximum atomic E-state index is 11.7. The Hall–Kier alpha value is -1.26. The van der Waals surface area contributed by atoms with Crippen molar-refractivity contribution in [2.75, 3.05) is 18.1 Å². The highest BCUT2D eigenvalue weighted by molar-refractivity contribution is 8.00. The van der Waals surface area contributed by atoms with Gasteiger partial charge in [-0.3, -0.25) is 14.7 Å². The summed E-state index contributed by atoms with van der Waals surface area (Å²) in [5, 5.41) is 20.1. The van der Waals surface area contributed by atoms with Crippen molar-refractivity contribution < 1.29 is 14.7 Å². The van der Waals surface area contributed by atoms with E-state index in [0.29, 0.717) is 16.5 Å². The normalized spacial score (nSPS) is 32.6. The first-order chi connectivity index (χ1) is 9.53. The molecule has 2 aliphatic rings. The van der Waals surface area contributed by atoms with E-state index in [1.165, 1.54) is 23.5 Å². The SMILES string of the molecule is NC1C(=O)N2CC(CSc3c[nH]nn3)(C(=O)O)CS[C@H]12. The van der Waals surface area contributed by atoms with Crippen molar-refractivity contribution >= 4 is 35.4 Å². The third-order valence-electron chi connectivity index (χ3n) is 3.53. The molecule has 8 nitrogen and oxygen atoms in total. The maximum Gasteiger partial charge on any atom is 0.313 e. The molecule has 1 amide bonds. The first-order valence-corrected chi connectivity index (χ1v) is 7.97. The molecule has 0 aromatic carbocycles. The summed E-state index contributed by atoms with van der Waals surface area (Å²) in [6.07, 6.45) is 1.61. The lowest BCUT2D eigenvalue weighted by Crippen LogP contribution is -2.72. The minimum atomic E-state index is -0.972. The summed E-state index contributed by atoms with van der Waals surface area (Å²) in [5.74, 6) is -0.282. The number of thioether (sulfide) groups is 2. The van der Waals surface area contributed by atoms with E-state index in [1.807, 2.05) is 0 Å². The van der Waals surface area contributed by atoms with Crippen LogP contribution in [0, 0.1) is 5.41 Å². The van der Waals surface area contributed by atoms with Crippen LogP contribution in [0.5, 0.6) is 0 Å². The first-order valence-electron chi connectivity index (χ1n) is 5.94. The zero-order chi connectivity index (χ0) is 14.3. The molecule has 2 saturated heterocycles. The van der Waals surface area contributed by atoms with Crippen LogP contribution in [-0.4, -0.2) is 66.8 Å². The van der Waals surface area contributed by atoms with Gasteiger partial charge in [-0.25, -0.2) is 0 Å². The number of hydrogen-bond donors (Lipinski definition) is 3. The van der Waals surface area contributed by atoms with Crippen LogP contribution in [0.15, 0.2) is 11.2 Å². The summed E-state index contributed by atoms with van der Waals surface area (Å²) in [6.45, 7) is 0.206. The number of aliphatic carboxylic acids is 1. The second-order valence-electron chi connectivity index (χ2n) is 4.88. The van der Waals surface area contributed by atoms with Crippen LogP contribution >= 0.6 is 23.5 Å². The quantitative estimate of drug-likeness (QED) is 0.487. The molecule has 3 atom stereocenters. The van der Waals surface area contributed by atoms with Crippen molar-refractivity contribution in [1.29, 1.82) is 0 Å². The molecular weight excluding hydrogens is 302 g/mol. The van der Waals surface area contributed by atoms with Gasteiger partial charge in [-0.05, 0) is 0 Å². The number of nitrogens with one attached hydrogen (secondary N) is 1. The molecule has 0 radical (unpaired) electrons. The Bertz CT molecular complexity index is 539. The highest BCUT2D eigenvalue weighted by atomic mass is 32.2. The number of carbonyl (C=O) groups excluding carboxylic acids is 1. The zero-order valence-electron chi connectivity index (χ0n) is 10.4. The summed E-state index contributed by atoms with van der Waals surface area (Å²) in [7, 11) is 0. The predicted octanol–water partition coefficient (Wildman–Crippen LogP) is -0.790. The van der Waals surface area contributed by atoms with Crippen LogP contribution in [0.2, 0.25) is 0 Å². The number of fused-ring (bicyclic) bond motifs is 1. The topological polar surface area (TPSA) is 125 Å². The van der Waals surface area contributed by atoms with E-state index in [-0.39, 0.29) is 17.8 Å². The number of H-pyrrole nitrogens is 1. The lowest BCUT2D eigenvalue weighted by molar-refractivity contribution is -0.155. The van der Waals surface area contributed by atoms with Gasteiger partial charge >= 0.3 is 5.97 Å². The van der Waals surface area contributed by atoms with Crippen molar-refractivity contribution in [1.82, 2.24) is 20.3 Å². The van der Waals surface area contributed by atoms with Gasteiger partial charge in [0, 0.05) is 18.1 Å². The van der Waals surface area contributed by atoms with Crippen LogP contribution < -0.4 is 5.73 Å². The molecule has 3 rings (SSSR count). The molecule has 0 bridgehead atoms. The van der Waals surface area contributed by atoms with E-state index in [9.17, 15) is 14.7 Å². The van der Waals surface area contributed by atoms with Crippen LogP contribution in [0.3, 0.4) is 0 Å². The van der Waals surface area contributed by atoms with E-state index in [0.717, 1.165) is 0 Å². The molecule has 0 aliphatic carbocycles. The number of aromatic amines is 1. The van der Waals surface area contributed by atoms with Crippen molar-refractivity contribution in [3.63, 3.8) is 0 Å². The van der Waals surface area contributed by atoms with Crippen molar-refractivity contribution in [3.05, 3.63) is 6.20 Å². The largest absolute Gasteiger partial charge is 0.481 e. The van der Waals surface area contributed by atoms with Gasteiger partial charge in [-0.1, -0.05) is 5.21 Å². The van der Waals surface area contributed by atoms with E-state index < -0.39 is 17.4 Å². The summed E-state index contributed by atoms with van der Waals surface area (Å²) < 4.78 is 0. The fourth-order valence-electron chi connectivity index (χ4n) is 2.28. The molecule has 10 heteroatoms. The Labute approximate surface area is 122 Å². The Morgan fingerprint density at radius 1 is 1.75 bits per heavy atom. The van der Waals surface area contributed by atoms with Crippen molar-refractivity contribution in [3.8, 4) is 0 Å². The Morgan fingerprint density at radius 2 is 2.55 bits per heavy atom. The van der Waals surface area contributed by atoms with Crippen molar-refractivity contribution in [2.24, 2.45) is 11.1 Å². The van der Waals surface area contributed by atoms with E-state index in [2.05, 4.69) is 15.4 Å². The third-order valence-corrected chi connectivity index (χ3v) is 6.33. The summed E-state index contributed by atoms with van der Waals surface area (Å²) in [6, 6.07) is -0.491. The molecule has 108 valence electrons. The number of carbonyl (C=O) groups is 2. The molecule has 2 aliphatic heterocycles. The molecule has 0 spiro atoms. The second kappa shape index (κ2) is 4.93. The molecule has 2 fully saturated rings. The van der Waals surface area contributed by atoms with Crippen molar-refractivity contribution in [2.45, 2.75) is 16.4 Å². The minimum Gasteiger partial charge on any atom is -0.481 e. The van der Waals surface area contributed by atoms with Crippen LogP contribution in [0.1, 0.15) is 0 Å². The summed E-state index contributed by atoms with van der Waals surface area (Å²) >= 11 is 2.76. The Kier molecular flexibility index (Phi) is 3.38. The zero-order valence-corrected chi connectivity index (χ0v) is 12.0. The summed E-state index contributed by atoms with van der Waals surface area (Å²) in [4.78, 5) is 24.9. The average molecular weight is 315 g/mol. The van der Waals surface area contributed by atoms with Gasteiger partial charge < -0.3 is 15.7 Å². The van der Waals surface area contributed by atoms with Crippen LogP contribution in [-0.2, 0) is 9.59 Å². The predicted molar refractivity (Wildman–Crippen MR) is 73.1 cm³/mol. The number of hydrogen-bond acceptors (Lipinski definition) is 7. The number of nitrogens with zero attached hydrogens (tertiary/aromatic N) is 3. The molecule has 4 N–H and O–H groups in total. The van der Waals surface area contributed by atoms with Gasteiger partial charge in [-0.15, -0.1) is 28.6 Å². The van der Waals surface area contributed by atoms with Gasteiger partial charge in [0.05, 0.1) is 6.20 Å². The fourth-order valence-corrected chi connectivity index (χ4v) is 4.87. The molecule has 0 saturated carbocycles. The number of carboxylic acids is 1. The molecule has 1 aromatic rings. The van der Waals surface area contributed by atoms with E-state index in [1.54, 1.807) is 11.1 Å². The lowest BCUT2D eigenvalue weighted by atomic mass is 9.89.